The van der Waals surface area contributed by atoms with Crippen molar-refractivity contribution in [3.63, 3.8) is 0 Å². The number of benzene rings is 1. The Morgan fingerprint density at radius 3 is 2.44 bits per heavy atom. The summed E-state index contributed by atoms with van der Waals surface area (Å²) in [6.07, 6.45) is -0.249. The number of aliphatic carboxylic acids is 1. The van der Waals surface area contributed by atoms with Gasteiger partial charge < -0.3 is 10.2 Å². The van der Waals surface area contributed by atoms with Gasteiger partial charge in [-0.3, -0.25) is 4.79 Å². The Labute approximate surface area is 161 Å². The average molecular weight is 440 g/mol. The van der Waals surface area contributed by atoms with Gasteiger partial charge in [0.25, 0.3) is 0 Å². The summed E-state index contributed by atoms with van der Waals surface area (Å²) in [7, 11) is -7.74. The van der Waals surface area contributed by atoms with Crippen LogP contribution in [0.2, 0.25) is 5.02 Å². The Kier molecular flexibility index (Phi) is 6.51. The maximum absolute atomic E-state index is 13.1. The van der Waals surface area contributed by atoms with E-state index in [2.05, 4.69) is 0 Å². The zero-order chi connectivity index (χ0) is 20.4. The molecule has 1 saturated heterocycles. The molecule has 1 aromatic rings. The van der Waals surface area contributed by atoms with Crippen LogP contribution in [0.15, 0.2) is 23.1 Å². The molecule has 0 radical (unpaired) electrons. The lowest BCUT2D eigenvalue weighted by Gasteiger charge is -2.27. The number of carbonyl (C=O) groups is 2. The molecule has 0 aliphatic carbocycles. The molecule has 1 atom stereocenters. The summed E-state index contributed by atoms with van der Waals surface area (Å²) in [5.41, 5.74) is -0.289. The number of hydrogen-bond acceptors (Lipinski definition) is 6. The molecule has 27 heavy (non-hydrogen) atoms. The fraction of sp³-hybridized carbons (Fsp3) is 0.467. The van der Waals surface area contributed by atoms with E-state index in [1.807, 2.05) is 0 Å². The second-order valence-electron chi connectivity index (χ2n) is 6.12. The van der Waals surface area contributed by atoms with E-state index in [0.29, 0.717) is 0 Å². The van der Waals surface area contributed by atoms with Crippen LogP contribution < -0.4 is 0 Å². The summed E-state index contributed by atoms with van der Waals surface area (Å²) in [4.78, 5) is 21.4. The van der Waals surface area contributed by atoms with Crippen LogP contribution in [-0.4, -0.2) is 67.4 Å². The molecule has 0 saturated carbocycles. The summed E-state index contributed by atoms with van der Waals surface area (Å²) in [6.45, 7) is -0.220. The zero-order valence-corrected chi connectivity index (χ0v) is 16.4. The summed E-state index contributed by atoms with van der Waals surface area (Å²) in [5.74, 6) is -3.01. The van der Waals surface area contributed by atoms with Crippen molar-refractivity contribution in [3.8, 4) is 0 Å². The predicted octanol–water partition coefficient (Wildman–Crippen LogP) is 1.08. The Morgan fingerprint density at radius 2 is 1.93 bits per heavy atom. The molecule has 12 heteroatoms. The first-order valence-electron chi connectivity index (χ1n) is 7.91. The van der Waals surface area contributed by atoms with Crippen LogP contribution in [-0.2, 0) is 24.7 Å². The molecule has 1 fully saturated rings. The summed E-state index contributed by atoms with van der Waals surface area (Å²) >= 11 is 5.97. The van der Waals surface area contributed by atoms with E-state index in [4.69, 9.17) is 21.8 Å². The highest BCUT2D eigenvalue weighted by atomic mass is 35.5. The lowest BCUT2D eigenvalue weighted by molar-refractivity contribution is -0.137. The monoisotopic (exact) mass is 439 g/mol. The molecular formula is C15H18ClNO8S2. The molecule has 150 valence electrons. The summed E-state index contributed by atoms with van der Waals surface area (Å²) in [5, 5.41) is 17.7. The average Bonchev–Trinajstić information content (AvgIpc) is 2.90. The Hall–Kier alpha value is -1.69. The second kappa shape index (κ2) is 8.13. The minimum Gasteiger partial charge on any atom is -0.481 e. The first kappa shape index (κ1) is 21.6. The zero-order valence-electron chi connectivity index (χ0n) is 14.0. The normalized spacial score (nSPS) is 19.3. The van der Waals surface area contributed by atoms with Gasteiger partial charge in [0, 0.05) is 19.0 Å². The molecule has 0 bridgehead atoms. The van der Waals surface area contributed by atoms with Crippen LogP contribution in [0.25, 0.3) is 0 Å². The second-order valence-corrected chi connectivity index (χ2v) is 10.6. The first-order valence-corrected chi connectivity index (χ1v) is 11.5. The van der Waals surface area contributed by atoms with Crippen LogP contribution in [0.1, 0.15) is 29.6 Å². The molecule has 0 unspecified atom stereocenters. The van der Waals surface area contributed by atoms with Crippen LogP contribution in [0, 0.1) is 0 Å². The molecule has 1 aromatic carbocycles. The number of aromatic carboxylic acids is 1. The van der Waals surface area contributed by atoms with Gasteiger partial charge >= 0.3 is 11.9 Å². The number of hydrogen-bond donors (Lipinski definition) is 2. The van der Waals surface area contributed by atoms with Gasteiger partial charge in [-0.05, 0) is 31.0 Å². The highest BCUT2D eigenvalue weighted by Gasteiger charge is 2.39. The van der Waals surface area contributed by atoms with Gasteiger partial charge in [-0.2, -0.15) is 4.31 Å². The van der Waals surface area contributed by atoms with Crippen molar-refractivity contribution in [3.05, 3.63) is 28.8 Å². The number of nitrogens with zero attached hydrogens (tertiary/aromatic N) is 1. The van der Waals surface area contributed by atoms with Gasteiger partial charge in [0.15, 0.2) is 9.84 Å². The van der Waals surface area contributed by atoms with Crippen molar-refractivity contribution in [2.24, 2.45) is 0 Å². The van der Waals surface area contributed by atoms with Crippen molar-refractivity contribution < 1.29 is 36.6 Å². The molecule has 0 aromatic heterocycles. The number of halogens is 1. The standard InChI is InChI=1S/C15H18ClNO8S2/c16-12-4-3-10(15(20)21)8-13(12)27(24,25)17(6-1-2-14(18)19)11-5-7-26(22,23)9-11/h3-4,8,11H,1-2,5-7,9H2,(H,18,19)(H,20,21)/t11-/m0/s1. The Bertz CT molecular complexity index is 958. The molecule has 9 nitrogen and oxygen atoms in total. The Morgan fingerprint density at radius 1 is 1.26 bits per heavy atom. The lowest BCUT2D eigenvalue weighted by Crippen LogP contribution is -2.42. The number of carboxylic acid groups (broad SMARTS) is 2. The summed E-state index contributed by atoms with van der Waals surface area (Å²) in [6, 6.07) is 2.34. The van der Waals surface area contributed by atoms with E-state index in [9.17, 15) is 26.4 Å². The SMILES string of the molecule is O=C(O)CCCN([C@H]1CCS(=O)(=O)C1)S(=O)(=O)c1cc(C(=O)O)ccc1Cl. The van der Waals surface area contributed by atoms with Crippen LogP contribution in [0.3, 0.4) is 0 Å². The van der Waals surface area contributed by atoms with E-state index in [0.717, 1.165) is 22.5 Å². The largest absolute Gasteiger partial charge is 0.481 e. The Balaban J connectivity index is 2.45. The van der Waals surface area contributed by atoms with Crippen molar-refractivity contribution in [1.29, 1.82) is 0 Å². The van der Waals surface area contributed by atoms with E-state index in [-0.39, 0.29) is 47.9 Å². The summed E-state index contributed by atoms with van der Waals surface area (Å²) < 4.78 is 50.7. The number of sulfone groups is 1. The molecule has 0 amide bonds. The fourth-order valence-corrected chi connectivity index (χ4v) is 6.87. The molecule has 1 aliphatic heterocycles. The smallest absolute Gasteiger partial charge is 0.335 e. The first-order chi connectivity index (χ1) is 12.4. The molecule has 0 spiro atoms. The maximum atomic E-state index is 13.1. The maximum Gasteiger partial charge on any atom is 0.335 e. The fourth-order valence-electron chi connectivity index (χ4n) is 2.85. The highest BCUT2D eigenvalue weighted by Crippen LogP contribution is 2.30. The van der Waals surface area contributed by atoms with Gasteiger partial charge in [0.1, 0.15) is 4.90 Å². The molecule has 2 N–H and O–H groups in total. The van der Waals surface area contributed by atoms with Crippen molar-refractivity contribution in [1.82, 2.24) is 4.31 Å². The lowest BCUT2D eigenvalue weighted by atomic mass is 10.2. The number of carboxylic acids is 2. The van der Waals surface area contributed by atoms with E-state index in [1.54, 1.807) is 0 Å². The van der Waals surface area contributed by atoms with Crippen molar-refractivity contribution in [2.45, 2.75) is 30.2 Å². The van der Waals surface area contributed by atoms with Crippen molar-refractivity contribution in [2.75, 3.05) is 18.1 Å². The van der Waals surface area contributed by atoms with Crippen molar-refractivity contribution >= 4 is 43.4 Å². The van der Waals surface area contributed by atoms with Gasteiger partial charge in [-0.1, -0.05) is 11.6 Å². The number of rotatable bonds is 8. The van der Waals surface area contributed by atoms with Gasteiger partial charge in [-0.25, -0.2) is 21.6 Å². The van der Waals surface area contributed by atoms with Gasteiger partial charge in [-0.15, -0.1) is 0 Å². The third-order valence-electron chi connectivity index (χ3n) is 4.15. The molecular weight excluding hydrogens is 422 g/mol. The molecule has 1 aliphatic rings. The predicted molar refractivity (Wildman–Crippen MR) is 96.2 cm³/mol. The van der Waals surface area contributed by atoms with Crippen LogP contribution in [0.5, 0.6) is 0 Å². The minimum atomic E-state index is -4.34. The molecule has 1 heterocycles. The molecule has 2 rings (SSSR count). The third kappa shape index (κ3) is 5.18. The van der Waals surface area contributed by atoms with Gasteiger partial charge in [0.2, 0.25) is 10.0 Å². The quantitative estimate of drug-likeness (QED) is 0.611. The van der Waals surface area contributed by atoms with Crippen LogP contribution in [0.4, 0.5) is 0 Å². The topological polar surface area (TPSA) is 146 Å². The van der Waals surface area contributed by atoms with E-state index < -0.39 is 42.7 Å². The minimum absolute atomic E-state index is 0.0264. The van der Waals surface area contributed by atoms with Gasteiger partial charge in [0.05, 0.1) is 22.1 Å². The van der Waals surface area contributed by atoms with Crippen LogP contribution >= 0.6 is 11.6 Å². The highest BCUT2D eigenvalue weighted by molar-refractivity contribution is 7.92. The van der Waals surface area contributed by atoms with E-state index in [1.165, 1.54) is 0 Å². The number of sulfonamides is 1. The van der Waals surface area contributed by atoms with E-state index >= 15 is 0 Å². The third-order valence-corrected chi connectivity index (χ3v) is 8.33.